The molecule has 0 aliphatic carbocycles. The van der Waals surface area contributed by atoms with Crippen LogP contribution in [0, 0.1) is 0 Å². The van der Waals surface area contributed by atoms with Gasteiger partial charge in [-0.3, -0.25) is 4.79 Å². The first-order valence-electron chi connectivity index (χ1n) is 10.2. The van der Waals surface area contributed by atoms with Crippen molar-refractivity contribution in [2.24, 2.45) is 5.73 Å². The second-order valence-electron chi connectivity index (χ2n) is 7.46. The van der Waals surface area contributed by atoms with Crippen LogP contribution in [0.15, 0.2) is 66.9 Å². The number of nitrogens with one attached hydrogen (secondary N) is 1. The third kappa shape index (κ3) is 5.07. The summed E-state index contributed by atoms with van der Waals surface area (Å²) in [7, 11) is 2.11. The van der Waals surface area contributed by atoms with E-state index in [4.69, 9.17) is 10.5 Å². The van der Waals surface area contributed by atoms with E-state index in [0.717, 1.165) is 30.6 Å². The van der Waals surface area contributed by atoms with Crippen LogP contribution in [0.3, 0.4) is 0 Å². The number of nitrogens with zero attached hydrogens (tertiary/aromatic N) is 3. The zero-order valence-electron chi connectivity index (χ0n) is 17.4. The van der Waals surface area contributed by atoms with Gasteiger partial charge in [0, 0.05) is 30.9 Å². The molecule has 0 bridgehead atoms. The number of ether oxygens (including phenoxy) is 1. The van der Waals surface area contributed by atoms with Crippen LogP contribution in [-0.2, 0) is 6.54 Å². The van der Waals surface area contributed by atoms with Gasteiger partial charge in [-0.25, -0.2) is 9.97 Å². The first-order chi connectivity index (χ1) is 15.1. The fourth-order valence-corrected chi connectivity index (χ4v) is 3.46. The lowest BCUT2D eigenvalue weighted by Gasteiger charge is -2.16. The van der Waals surface area contributed by atoms with Gasteiger partial charge in [-0.05, 0) is 37.2 Å². The smallest absolute Gasteiger partial charge is 0.250 e. The minimum Gasteiger partial charge on any atom is -0.478 e. The number of imidazole rings is 1. The average Bonchev–Trinajstić information content (AvgIpc) is 3.22. The number of hydrogen-bond acceptors (Lipinski definition) is 5. The summed E-state index contributed by atoms with van der Waals surface area (Å²) >= 11 is 0. The maximum atomic E-state index is 11.6. The summed E-state index contributed by atoms with van der Waals surface area (Å²) in [6.45, 7) is 2.45. The van der Waals surface area contributed by atoms with Crippen molar-refractivity contribution >= 4 is 16.9 Å². The Labute approximate surface area is 180 Å². The van der Waals surface area contributed by atoms with Crippen molar-refractivity contribution in [2.45, 2.75) is 13.0 Å². The molecule has 0 radical (unpaired) electrons. The van der Waals surface area contributed by atoms with Crippen LogP contribution < -0.4 is 10.5 Å². The Morgan fingerprint density at radius 1 is 1.10 bits per heavy atom. The average molecular weight is 415 g/mol. The van der Waals surface area contributed by atoms with Gasteiger partial charge in [0.1, 0.15) is 11.3 Å². The Kier molecular flexibility index (Phi) is 6.24. The molecule has 4 rings (SSSR count). The largest absolute Gasteiger partial charge is 0.478 e. The standard InChI is InChI=1S/C24H25N5O2/c1-29(16-17-7-3-2-4-8-17)13-6-14-31-21-12-11-18(15-26-21)24-27-20-10-5-9-19(23(25)30)22(20)28-24/h2-5,7-12,15H,6,13-14,16H2,1H3,(H2,25,30)(H,27,28). The van der Waals surface area contributed by atoms with E-state index in [2.05, 4.69) is 51.2 Å². The normalized spacial score (nSPS) is 11.2. The molecule has 0 spiro atoms. The van der Waals surface area contributed by atoms with Gasteiger partial charge in [-0.2, -0.15) is 0 Å². The van der Waals surface area contributed by atoms with Crippen molar-refractivity contribution in [1.29, 1.82) is 0 Å². The number of rotatable bonds is 9. The number of para-hydroxylation sites is 1. The second-order valence-corrected chi connectivity index (χ2v) is 7.46. The highest BCUT2D eigenvalue weighted by atomic mass is 16.5. The fraction of sp³-hybridized carbons (Fsp3) is 0.208. The molecule has 0 aliphatic rings. The van der Waals surface area contributed by atoms with Crippen LogP contribution in [0.25, 0.3) is 22.4 Å². The molecule has 4 aromatic rings. The fourth-order valence-electron chi connectivity index (χ4n) is 3.46. The monoisotopic (exact) mass is 415 g/mol. The maximum absolute atomic E-state index is 11.6. The highest BCUT2D eigenvalue weighted by Crippen LogP contribution is 2.23. The molecule has 0 atom stereocenters. The number of carbonyl (C=O) groups is 1. The number of hydrogen-bond donors (Lipinski definition) is 2. The van der Waals surface area contributed by atoms with E-state index < -0.39 is 5.91 Å². The number of nitrogens with two attached hydrogens (primary N) is 1. The van der Waals surface area contributed by atoms with E-state index in [9.17, 15) is 4.79 Å². The number of pyridine rings is 1. The Hall–Kier alpha value is -3.71. The van der Waals surface area contributed by atoms with Gasteiger partial charge < -0.3 is 20.4 Å². The molecule has 0 aliphatic heterocycles. The van der Waals surface area contributed by atoms with Crippen LogP contribution in [0.5, 0.6) is 5.88 Å². The van der Waals surface area contributed by atoms with E-state index in [1.807, 2.05) is 24.3 Å². The number of benzene rings is 2. The Bertz CT molecular complexity index is 1160. The van der Waals surface area contributed by atoms with Gasteiger partial charge in [0.05, 0.1) is 17.7 Å². The van der Waals surface area contributed by atoms with Crippen molar-refractivity contribution < 1.29 is 9.53 Å². The molecule has 2 heterocycles. The van der Waals surface area contributed by atoms with Crippen LogP contribution >= 0.6 is 0 Å². The topological polar surface area (TPSA) is 97.1 Å². The first-order valence-corrected chi connectivity index (χ1v) is 10.2. The molecule has 0 unspecified atom stereocenters. The molecule has 2 aromatic heterocycles. The number of fused-ring (bicyclic) bond motifs is 1. The first kappa shape index (κ1) is 20.6. The number of H-pyrrole nitrogens is 1. The van der Waals surface area contributed by atoms with Crippen molar-refractivity contribution in [1.82, 2.24) is 19.9 Å². The van der Waals surface area contributed by atoms with Crippen LogP contribution in [0.2, 0.25) is 0 Å². The van der Waals surface area contributed by atoms with Crippen molar-refractivity contribution in [3.05, 3.63) is 78.0 Å². The summed E-state index contributed by atoms with van der Waals surface area (Å²) in [6, 6.07) is 19.4. The molecule has 7 heteroatoms. The van der Waals surface area contributed by atoms with Gasteiger partial charge in [-0.1, -0.05) is 36.4 Å². The predicted molar refractivity (Wildman–Crippen MR) is 121 cm³/mol. The summed E-state index contributed by atoms with van der Waals surface area (Å²) in [4.78, 5) is 26.0. The molecule has 2 aromatic carbocycles. The van der Waals surface area contributed by atoms with Gasteiger partial charge in [0.25, 0.3) is 5.91 Å². The lowest BCUT2D eigenvalue weighted by atomic mass is 10.2. The number of amides is 1. The van der Waals surface area contributed by atoms with E-state index in [1.54, 1.807) is 18.3 Å². The highest BCUT2D eigenvalue weighted by molar-refractivity contribution is 6.04. The van der Waals surface area contributed by atoms with E-state index >= 15 is 0 Å². The molecule has 31 heavy (non-hydrogen) atoms. The van der Waals surface area contributed by atoms with Gasteiger partial charge in [-0.15, -0.1) is 0 Å². The molecule has 7 nitrogen and oxygen atoms in total. The van der Waals surface area contributed by atoms with Crippen LogP contribution in [0.1, 0.15) is 22.3 Å². The summed E-state index contributed by atoms with van der Waals surface area (Å²) < 4.78 is 5.78. The summed E-state index contributed by atoms with van der Waals surface area (Å²) in [5, 5.41) is 0. The Balaban J connectivity index is 1.31. The summed E-state index contributed by atoms with van der Waals surface area (Å²) in [5.74, 6) is 0.702. The van der Waals surface area contributed by atoms with E-state index in [1.165, 1.54) is 5.56 Å². The van der Waals surface area contributed by atoms with Crippen molar-refractivity contribution in [3.8, 4) is 17.3 Å². The molecule has 3 N–H and O–H groups in total. The summed E-state index contributed by atoms with van der Waals surface area (Å²) in [6.07, 6.45) is 2.62. The zero-order valence-corrected chi connectivity index (χ0v) is 17.4. The molecule has 1 amide bonds. The summed E-state index contributed by atoms with van der Waals surface area (Å²) in [5.41, 5.74) is 9.26. The molecular weight excluding hydrogens is 390 g/mol. The second kappa shape index (κ2) is 9.40. The van der Waals surface area contributed by atoms with Gasteiger partial charge in [0.2, 0.25) is 5.88 Å². The van der Waals surface area contributed by atoms with Crippen LogP contribution in [-0.4, -0.2) is 46.0 Å². The minimum absolute atomic E-state index is 0.394. The number of aromatic amines is 1. The SMILES string of the molecule is CN(CCCOc1ccc(-c2nc3c(C(N)=O)cccc3[nH]2)cn1)Cc1ccccc1. The Morgan fingerprint density at radius 3 is 2.68 bits per heavy atom. The van der Waals surface area contributed by atoms with Gasteiger partial charge >= 0.3 is 0 Å². The minimum atomic E-state index is -0.500. The molecule has 0 fully saturated rings. The lowest BCUT2D eigenvalue weighted by Crippen LogP contribution is -2.20. The Morgan fingerprint density at radius 2 is 1.94 bits per heavy atom. The third-order valence-corrected chi connectivity index (χ3v) is 5.02. The highest BCUT2D eigenvalue weighted by Gasteiger charge is 2.12. The molecule has 0 saturated carbocycles. The maximum Gasteiger partial charge on any atom is 0.250 e. The molecular formula is C24H25N5O2. The quantitative estimate of drug-likeness (QED) is 0.407. The van der Waals surface area contributed by atoms with Gasteiger partial charge in [0.15, 0.2) is 0 Å². The number of primary amides is 1. The zero-order chi connectivity index (χ0) is 21.6. The number of carbonyl (C=O) groups excluding carboxylic acids is 1. The van der Waals surface area contributed by atoms with E-state index in [-0.39, 0.29) is 0 Å². The molecule has 0 saturated heterocycles. The lowest BCUT2D eigenvalue weighted by molar-refractivity contribution is 0.100. The molecule has 158 valence electrons. The van der Waals surface area contributed by atoms with Crippen LogP contribution in [0.4, 0.5) is 0 Å². The van der Waals surface area contributed by atoms with E-state index in [0.29, 0.717) is 29.4 Å². The number of aromatic nitrogens is 3. The van der Waals surface area contributed by atoms with Crippen molar-refractivity contribution in [2.75, 3.05) is 20.2 Å². The third-order valence-electron chi connectivity index (χ3n) is 5.02. The van der Waals surface area contributed by atoms with Crippen molar-refractivity contribution in [3.63, 3.8) is 0 Å². The predicted octanol–water partition coefficient (Wildman–Crippen LogP) is 3.62.